The zero-order valence-corrected chi connectivity index (χ0v) is 31.8. The van der Waals surface area contributed by atoms with Crippen LogP contribution in [0.3, 0.4) is 0 Å². The molecule has 4 amide bonds. The van der Waals surface area contributed by atoms with Crippen molar-refractivity contribution < 1.29 is 32.7 Å². The SMILES string of the molecule is C=C[C@@H]1C[C@]1(NC(=O)[C@@H]1C[C@@H](C2c3cccc(Cl)c3CN2C(=O)O)CN1C(=O)[C@@H](Nc1cccc(C(C)(C)C)c1)C(C)C)C(=O)NS(=O)(=O)C1CC1. The topological polar surface area (TPSA) is 165 Å². The number of carbonyl (C=O) groups is 4. The first kappa shape index (κ1) is 37.7. The number of nitrogens with one attached hydrogen (secondary N) is 3. The molecule has 0 bridgehead atoms. The zero-order chi connectivity index (χ0) is 37.9. The van der Waals surface area contributed by atoms with E-state index in [0.29, 0.717) is 23.4 Å². The van der Waals surface area contributed by atoms with Crippen molar-refractivity contribution in [1.82, 2.24) is 19.8 Å². The molecule has 4 aliphatic rings. The molecule has 2 aliphatic carbocycles. The number of likely N-dealkylation sites (tertiary alicyclic amines) is 1. The van der Waals surface area contributed by atoms with Crippen LogP contribution in [0.4, 0.5) is 10.5 Å². The van der Waals surface area contributed by atoms with Crippen molar-refractivity contribution in [3.8, 4) is 0 Å². The summed E-state index contributed by atoms with van der Waals surface area (Å²) in [5, 5.41) is 16.3. The summed E-state index contributed by atoms with van der Waals surface area (Å²) in [5.41, 5.74) is 1.54. The smallest absolute Gasteiger partial charge is 0.408 e. The normalized spacial score (nSPS) is 26.1. The van der Waals surface area contributed by atoms with E-state index in [9.17, 15) is 32.7 Å². The van der Waals surface area contributed by atoms with Crippen molar-refractivity contribution in [3.63, 3.8) is 0 Å². The van der Waals surface area contributed by atoms with Crippen LogP contribution >= 0.6 is 11.6 Å². The van der Waals surface area contributed by atoms with E-state index in [1.165, 1.54) is 15.9 Å². The number of benzene rings is 2. The highest BCUT2D eigenvalue weighted by Crippen LogP contribution is 2.48. The zero-order valence-electron chi connectivity index (χ0n) is 30.2. The van der Waals surface area contributed by atoms with E-state index >= 15 is 0 Å². The minimum atomic E-state index is -3.90. The number of sulfonamides is 1. The summed E-state index contributed by atoms with van der Waals surface area (Å²) < 4.78 is 27.6. The van der Waals surface area contributed by atoms with Crippen molar-refractivity contribution in [2.75, 3.05) is 11.9 Å². The van der Waals surface area contributed by atoms with E-state index in [1.54, 1.807) is 12.1 Å². The first-order valence-electron chi connectivity index (χ1n) is 17.8. The second-order valence-electron chi connectivity index (χ2n) is 16.0. The third-order valence-corrected chi connectivity index (χ3v) is 13.2. The molecule has 0 spiro atoms. The highest BCUT2D eigenvalue weighted by molar-refractivity contribution is 7.91. The van der Waals surface area contributed by atoms with Crippen molar-refractivity contribution in [2.24, 2.45) is 17.8 Å². The minimum absolute atomic E-state index is 0.0599. The molecule has 6 atom stereocenters. The Morgan fingerprint density at radius 3 is 2.37 bits per heavy atom. The summed E-state index contributed by atoms with van der Waals surface area (Å²) in [6.07, 6.45) is 1.53. The van der Waals surface area contributed by atoms with E-state index in [-0.39, 0.29) is 43.2 Å². The van der Waals surface area contributed by atoms with Gasteiger partial charge in [0.1, 0.15) is 17.6 Å². The molecule has 3 fully saturated rings. The van der Waals surface area contributed by atoms with Crippen molar-refractivity contribution in [2.45, 2.75) is 101 Å². The maximum absolute atomic E-state index is 14.7. The number of anilines is 1. The maximum Gasteiger partial charge on any atom is 0.408 e. The molecule has 4 N–H and O–H groups in total. The molecule has 0 aromatic heterocycles. The summed E-state index contributed by atoms with van der Waals surface area (Å²) in [4.78, 5) is 58.1. The lowest BCUT2D eigenvalue weighted by molar-refractivity contribution is -0.140. The predicted octanol–water partition coefficient (Wildman–Crippen LogP) is 5.20. The Kier molecular flexibility index (Phi) is 9.93. The Morgan fingerprint density at radius 1 is 1.08 bits per heavy atom. The second-order valence-corrected chi connectivity index (χ2v) is 18.4. The molecule has 2 aromatic rings. The highest BCUT2D eigenvalue weighted by atomic mass is 35.5. The molecule has 2 aliphatic heterocycles. The Hall–Kier alpha value is -4.10. The van der Waals surface area contributed by atoms with Gasteiger partial charge in [0, 0.05) is 29.1 Å². The number of fused-ring (bicyclic) bond motifs is 1. The number of halogens is 1. The van der Waals surface area contributed by atoms with Crippen LogP contribution in [0.25, 0.3) is 0 Å². The average Bonchev–Trinajstić information content (AvgIpc) is 3.97. The molecule has 1 saturated heterocycles. The standard InChI is InChI=1S/C38H48ClN5O7S/c1-7-23-18-38(23,35(47)42-52(50,51)26-14-15-26)41-33(45)30-16-22(32-27-12-9-13-29(39)28(27)20-44(32)36(48)49)19-43(30)34(46)31(21(2)3)40-25-11-8-10-24(17-25)37(4,5)6/h7-13,17,21-23,26,30-32,40H,1,14-16,18-20H2,2-6H3,(H,41,45)(H,42,47)(H,48,49)/t22-,23-,30+,31+,32?,38-/m1/s1. The van der Waals surface area contributed by atoms with Crippen LogP contribution in [0.2, 0.25) is 5.02 Å². The monoisotopic (exact) mass is 753 g/mol. The minimum Gasteiger partial charge on any atom is -0.465 e. The number of hydrogen-bond donors (Lipinski definition) is 4. The van der Waals surface area contributed by atoms with Gasteiger partial charge in [-0.25, -0.2) is 13.2 Å². The first-order valence-corrected chi connectivity index (χ1v) is 19.8. The summed E-state index contributed by atoms with van der Waals surface area (Å²) in [5.74, 6) is -3.03. The summed E-state index contributed by atoms with van der Waals surface area (Å²) in [6.45, 7) is 14.0. The molecular formula is C38H48ClN5O7S. The number of carbonyl (C=O) groups excluding carboxylic acids is 3. The Balaban J connectivity index is 1.33. The van der Waals surface area contributed by atoms with Gasteiger partial charge < -0.3 is 20.6 Å². The van der Waals surface area contributed by atoms with E-state index < -0.39 is 68.7 Å². The van der Waals surface area contributed by atoms with Gasteiger partial charge >= 0.3 is 6.09 Å². The van der Waals surface area contributed by atoms with Gasteiger partial charge in [-0.2, -0.15) is 0 Å². The lowest BCUT2D eigenvalue weighted by Gasteiger charge is -2.32. The number of nitrogens with zero attached hydrogens (tertiary/aromatic N) is 2. The van der Waals surface area contributed by atoms with Gasteiger partial charge in [0.15, 0.2) is 0 Å². The van der Waals surface area contributed by atoms with Crippen LogP contribution in [-0.2, 0) is 36.4 Å². The fourth-order valence-electron chi connectivity index (χ4n) is 7.71. The lowest BCUT2D eigenvalue weighted by Crippen LogP contribution is -2.58. The van der Waals surface area contributed by atoms with Crippen molar-refractivity contribution in [1.29, 1.82) is 0 Å². The Morgan fingerprint density at radius 2 is 1.77 bits per heavy atom. The van der Waals surface area contributed by atoms with E-state index in [1.807, 2.05) is 44.2 Å². The van der Waals surface area contributed by atoms with Gasteiger partial charge in [0.2, 0.25) is 21.8 Å². The summed E-state index contributed by atoms with van der Waals surface area (Å²) in [6, 6.07) is 10.6. The summed E-state index contributed by atoms with van der Waals surface area (Å²) in [7, 11) is -3.90. The van der Waals surface area contributed by atoms with Crippen LogP contribution in [-0.4, -0.2) is 76.6 Å². The number of carboxylic acid groups (broad SMARTS) is 1. The van der Waals surface area contributed by atoms with Gasteiger partial charge in [-0.05, 0) is 71.9 Å². The molecule has 2 saturated carbocycles. The Bertz CT molecular complexity index is 1910. The molecule has 2 heterocycles. The van der Waals surface area contributed by atoms with Gasteiger partial charge in [0.25, 0.3) is 5.91 Å². The molecule has 6 rings (SSSR count). The number of amides is 4. The van der Waals surface area contributed by atoms with Crippen LogP contribution in [0, 0.1) is 17.8 Å². The van der Waals surface area contributed by atoms with Crippen molar-refractivity contribution >= 4 is 51.1 Å². The molecule has 280 valence electrons. The third kappa shape index (κ3) is 7.13. The fraction of sp³-hybridized carbons (Fsp3) is 0.526. The lowest BCUT2D eigenvalue weighted by atomic mass is 9.87. The molecule has 1 unspecified atom stereocenters. The quantitative estimate of drug-likeness (QED) is 0.228. The molecule has 52 heavy (non-hydrogen) atoms. The van der Waals surface area contributed by atoms with E-state index in [4.69, 9.17) is 11.6 Å². The van der Waals surface area contributed by atoms with Crippen LogP contribution < -0.4 is 15.4 Å². The van der Waals surface area contributed by atoms with Gasteiger partial charge in [-0.15, -0.1) is 6.58 Å². The Labute approximate surface area is 310 Å². The van der Waals surface area contributed by atoms with Crippen LogP contribution in [0.15, 0.2) is 55.1 Å². The molecule has 2 aromatic carbocycles. The van der Waals surface area contributed by atoms with E-state index in [0.717, 1.165) is 16.8 Å². The maximum atomic E-state index is 14.7. The van der Waals surface area contributed by atoms with Gasteiger partial charge in [0.05, 0.1) is 17.8 Å². The highest BCUT2D eigenvalue weighted by Gasteiger charge is 2.62. The van der Waals surface area contributed by atoms with Crippen molar-refractivity contribution in [3.05, 3.63) is 76.8 Å². The summed E-state index contributed by atoms with van der Waals surface area (Å²) >= 11 is 6.52. The molecule has 0 radical (unpaired) electrons. The fourth-order valence-corrected chi connectivity index (χ4v) is 9.31. The number of hydrogen-bond acceptors (Lipinski definition) is 7. The van der Waals surface area contributed by atoms with E-state index in [2.05, 4.69) is 42.7 Å². The van der Waals surface area contributed by atoms with Crippen LogP contribution in [0.1, 0.15) is 83.0 Å². The second kappa shape index (κ2) is 13.7. The van der Waals surface area contributed by atoms with Gasteiger partial charge in [-0.3, -0.25) is 24.0 Å². The third-order valence-electron chi connectivity index (χ3n) is 11.0. The largest absolute Gasteiger partial charge is 0.465 e. The molecule has 12 nitrogen and oxygen atoms in total. The van der Waals surface area contributed by atoms with Crippen LogP contribution in [0.5, 0.6) is 0 Å². The average molecular weight is 754 g/mol. The first-order chi connectivity index (χ1) is 24.4. The molecular weight excluding hydrogens is 706 g/mol. The predicted molar refractivity (Wildman–Crippen MR) is 198 cm³/mol. The molecule has 14 heteroatoms. The number of rotatable bonds is 11. The van der Waals surface area contributed by atoms with Gasteiger partial charge in [-0.1, -0.05) is 76.6 Å².